The van der Waals surface area contributed by atoms with Crippen LogP contribution in [0.3, 0.4) is 0 Å². The number of nitrogens with zero attached hydrogens (tertiary/aromatic N) is 2. The lowest BCUT2D eigenvalue weighted by Gasteiger charge is -2.36. The predicted octanol–water partition coefficient (Wildman–Crippen LogP) is -1.72. The van der Waals surface area contributed by atoms with Gasteiger partial charge in [0, 0.05) is 25.7 Å². The second-order valence-corrected chi connectivity index (χ2v) is 4.06. The molecule has 6 nitrogen and oxygen atoms in total. The van der Waals surface area contributed by atoms with Crippen molar-refractivity contribution in [3.8, 4) is 0 Å². The minimum absolute atomic E-state index is 0.438. The SMILES string of the molecule is NNC(=O)C(=O)N1CCN2CCCC2C1. The van der Waals surface area contributed by atoms with Crippen LogP contribution in [0.2, 0.25) is 0 Å². The van der Waals surface area contributed by atoms with E-state index in [1.165, 1.54) is 6.42 Å². The van der Waals surface area contributed by atoms with Gasteiger partial charge < -0.3 is 4.90 Å². The number of piperazine rings is 1. The third-order valence-corrected chi connectivity index (χ3v) is 3.20. The first kappa shape index (κ1) is 10.4. The highest BCUT2D eigenvalue weighted by molar-refractivity contribution is 6.34. The number of hydrogen-bond donors (Lipinski definition) is 2. The molecule has 1 unspecified atom stereocenters. The standard InChI is InChI=1S/C9H16N4O2/c10-11-8(14)9(15)13-5-4-12-3-1-2-7(12)6-13/h7H,1-6,10H2,(H,11,14). The first-order valence-electron chi connectivity index (χ1n) is 5.26. The van der Waals surface area contributed by atoms with E-state index in [0.717, 1.165) is 19.5 Å². The molecule has 0 saturated carbocycles. The Labute approximate surface area is 88.3 Å². The van der Waals surface area contributed by atoms with E-state index in [1.807, 2.05) is 5.43 Å². The molecule has 0 aromatic heterocycles. The fourth-order valence-corrected chi connectivity index (χ4v) is 2.38. The summed E-state index contributed by atoms with van der Waals surface area (Å²) >= 11 is 0. The monoisotopic (exact) mass is 212 g/mol. The van der Waals surface area contributed by atoms with E-state index in [-0.39, 0.29) is 0 Å². The zero-order valence-electron chi connectivity index (χ0n) is 8.61. The van der Waals surface area contributed by atoms with Crippen molar-refractivity contribution in [2.75, 3.05) is 26.2 Å². The quantitative estimate of drug-likeness (QED) is 0.217. The molecular weight excluding hydrogens is 196 g/mol. The van der Waals surface area contributed by atoms with Gasteiger partial charge in [-0.3, -0.25) is 19.9 Å². The number of nitrogens with one attached hydrogen (secondary N) is 1. The van der Waals surface area contributed by atoms with Gasteiger partial charge in [-0.2, -0.15) is 0 Å². The molecule has 0 aromatic carbocycles. The van der Waals surface area contributed by atoms with Crippen LogP contribution in [0.1, 0.15) is 12.8 Å². The van der Waals surface area contributed by atoms with E-state index in [4.69, 9.17) is 5.84 Å². The molecule has 2 aliphatic rings. The summed E-state index contributed by atoms with van der Waals surface area (Å²) < 4.78 is 0. The lowest BCUT2D eigenvalue weighted by Crippen LogP contribution is -2.55. The molecule has 6 heteroatoms. The van der Waals surface area contributed by atoms with E-state index in [1.54, 1.807) is 4.90 Å². The molecule has 2 amide bonds. The summed E-state index contributed by atoms with van der Waals surface area (Å²) in [6.45, 7) is 3.28. The minimum Gasteiger partial charge on any atom is -0.332 e. The molecule has 2 rings (SSSR count). The molecule has 0 radical (unpaired) electrons. The molecule has 0 bridgehead atoms. The van der Waals surface area contributed by atoms with Crippen LogP contribution < -0.4 is 11.3 Å². The Hall–Kier alpha value is -1.14. The zero-order valence-corrected chi connectivity index (χ0v) is 8.61. The van der Waals surface area contributed by atoms with Crippen molar-refractivity contribution in [3.05, 3.63) is 0 Å². The van der Waals surface area contributed by atoms with E-state index in [9.17, 15) is 9.59 Å². The van der Waals surface area contributed by atoms with Crippen molar-refractivity contribution >= 4 is 11.8 Å². The number of hydrazine groups is 1. The number of fused-ring (bicyclic) bond motifs is 1. The van der Waals surface area contributed by atoms with E-state index in [2.05, 4.69) is 4.90 Å². The number of carbonyl (C=O) groups excluding carboxylic acids is 2. The summed E-state index contributed by atoms with van der Waals surface area (Å²) in [5.41, 5.74) is 1.88. The molecule has 0 spiro atoms. The maximum Gasteiger partial charge on any atom is 0.323 e. The average molecular weight is 212 g/mol. The summed E-state index contributed by atoms with van der Waals surface area (Å²) in [4.78, 5) is 26.6. The Morgan fingerprint density at radius 3 is 2.80 bits per heavy atom. The average Bonchev–Trinajstić information content (AvgIpc) is 2.73. The molecule has 0 aliphatic carbocycles. The van der Waals surface area contributed by atoms with Gasteiger partial charge in [-0.25, -0.2) is 5.84 Å². The second-order valence-electron chi connectivity index (χ2n) is 4.06. The molecule has 3 N–H and O–H groups in total. The lowest BCUT2D eigenvalue weighted by atomic mass is 10.1. The highest BCUT2D eigenvalue weighted by Gasteiger charge is 2.34. The van der Waals surface area contributed by atoms with Crippen LogP contribution >= 0.6 is 0 Å². The highest BCUT2D eigenvalue weighted by Crippen LogP contribution is 2.21. The van der Waals surface area contributed by atoms with Gasteiger partial charge in [0.05, 0.1) is 0 Å². The minimum atomic E-state index is -0.721. The van der Waals surface area contributed by atoms with Gasteiger partial charge in [-0.05, 0) is 19.4 Å². The molecule has 2 heterocycles. The fraction of sp³-hybridized carbons (Fsp3) is 0.778. The smallest absolute Gasteiger partial charge is 0.323 e. The summed E-state index contributed by atoms with van der Waals surface area (Å²) in [6, 6.07) is 0.438. The van der Waals surface area contributed by atoms with E-state index < -0.39 is 11.8 Å². The largest absolute Gasteiger partial charge is 0.332 e. The number of hydrogen-bond acceptors (Lipinski definition) is 4. The van der Waals surface area contributed by atoms with Crippen LogP contribution in [0.25, 0.3) is 0 Å². The van der Waals surface area contributed by atoms with Gasteiger partial charge in [-0.1, -0.05) is 0 Å². The third kappa shape index (κ3) is 1.95. The molecule has 84 valence electrons. The molecular formula is C9H16N4O2. The van der Waals surface area contributed by atoms with Crippen LogP contribution in [0.15, 0.2) is 0 Å². The number of carbonyl (C=O) groups is 2. The van der Waals surface area contributed by atoms with Crippen molar-refractivity contribution in [1.82, 2.24) is 15.2 Å². The lowest BCUT2D eigenvalue weighted by molar-refractivity contribution is -0.147. The first-order chi connectivity index (χ1) is 7.22. The topological polar surface area (TPSA) is 78.7 Å². The second kappa shape index (κ2) is 4.16. The van der Waals surface area contributed by atoms with Crippen LogP contribution in [-0.2, 0) is 9.59 Å². The van der Waals surface area contributed by atoms with Crippen molar-refractivity contribution in [3.63, 3.8) is 0 Å². The van der Waals surface area contributed by atoms with Crippen molar-refractivity contribution in [2.45, 2.75) is 18.9 Å². The van der Waals surface area contributed by atoms with Gasteiger partial charge in [0.2, 0.25) is 0 Å². The molecule has 2 aliphatic heterocycles. The number of rotatable bonds is 0. The van der Waals surface area contributed by atoms with E-state index in [0.29, 0.717) is 19.1 Å². The van der Waals surface area contributed by atoms with Gasteiger partial charge in [0.25, 0.3) is 0 Å². The zero-order chi connectivity index (χ0) is 10.8. The normalized spacial score (nSPS) is 26.2. The Morgan fingerprint density at radius 2 is 2.07 bits per heavy atom. The van der Waals surface area contributed by atoms with Crippen LogP contribution in [0.5, 0.6) is 0 Å². The van der Waals surface area contributed by atoms with Gasteiger partial charge in [0.1, 0.15) is 0 Å². The van der Waals surface area contributed by atoms with E-state index >= 15 is 0 Å². The Balaban J connectivity index is 1.95. The first-order valence-corrected chi connectivity index (χ1v) is 5.26. The molecule has 1 atom stereocenters. The fourth-order valence-electron chi connectivity index (χ4n) is 2.38. The van der Waals surface area contributed by atoms with Gasteiger partial charge in [-0.15, -0.1) is 0 Å². The molecule has 2 saturated heterocycles. The summed E-state index contributed by atoms with van der Waals surface area (Å²) in [6.07, 6.45) is 2.31. The third-order valence-electron chi connectivity index (χ3n) is 3.20. The maximum absolute atomic E-state index is 11.5. The highest BCUT2D eigenvalue weighted by atomic mass is 16.2. The predicted molar refractivity (Wildman–Crippen MR) is 53.5 cm³/mol. The maximum atomic E-state index is 11.5. The van der Waals surface area contributed by atoms with Gasteiger partial charge in [0.15, 0.2) is 0 Å². The summed E-state index contributed by atoms with van der Waals surface area (Å²) in [5.74, 6) is 3.70. The molecule has 2 fully saturated rings. The van der Waals surface area contributed by atoms with Crippen molar-refractivity contribution < 1.29 is 9.59 Å². The molecule has 15 heavy (non-hydrogen) atoms. The Bertz CT molecular complexity index is 281. The Kier molecular flexibility index (Phi) is 2.88. The Morgan fingerprint density at radius 1 is 1.27 bits per heavy atom. The van der Waals surface area contributed by atoms with Crippen molar-refractivity contribution in [1.29, 1.82) is 0 Å². The van der Waals surface area contributed by atoms with Crippen LogP contribution in [0, 0.1) is 0 Å². The molecule has 0 aromatic rings. The van der Waals surface area contributed by atoms with Crippen LogP contribution in [-0.4, -0.2) is 53.8 Å². The van der Waals surface area contributed by atoms with Crippen molar-refractivity contribution in [2.24, 2.45) is 5.84 Å². The number of amides is 2. The number of nitrogens with two attached hydrogens (primary N) is 1. The summed E-state index contributed by atoms with van der Waals surface area (Å²) in [7, 11) is 0. The van der Waals surface area contributed by atoms with Gasteiger partial charge >= 0.3 is 11.8 Å². The van der Waals surface area contributed by atoms with Crippen LogP contribution in [0.4, 0.5) is 0 Å². The summed E-state index contributed by atoms with van der Waals surface area (Å²) in [5, 5.41) is 0.